The fourth-order valence-corrected chi connectivity index (χ4v) is 1.77. The molecule has 0 aliphatic carbocycles. The van der Waals surface area contributed by atoms with Gasteiger partial charge >= 0.3 is 0 Å². The topological polar surface area (TPSA) is 26.3 Å². The summed E-state index contributed by atoms with van der Waals surface area (Å²) < 4.78 is 5.67. The zero-order chi connectivity index (χ0) is 13.6. The van der Waals surface area contributed by atoms with Crippen molar-refractivity contribution in [3.63, 3.8) is 0 Å². The predicted octanol–water partition coefficient (Wildman–Crippen LogP) is 4.37. The number of hydrogen-bond donors (Lipinski definition) is 0. The summed E-state index contributed by atoms with van der Waals surface area (Å²) in [7, 11) is 0. The molecule has 0 saturated carbocycles. The molecule has 0 spiro atoms. The number of carbonyl (C=O) groups excluding carboxylic acids is 1. The molecular weight excluding hydrogens is 224 g/mol. The molecular formula is C16H24O2. The summed E-state index contributed by atoms with van der Waals surface area (Å²) in [6, 6.07) is 5.89. The monoisotopic (exact) mass is 248 g/mol. The van der Waals surface area contributed by atoms with Crippen LogP contribution < -0.4 is 4.74 Å². The van der Waals surface area contributed by atoms with Crippen molar-refractivity contribution in [2.45, 2.75) is 52.4 Å². The number of benzene rings is 1. The highest BCUT2D eigenvalue weighted by Crippen LogP contribution is 2.27. The average molecular weight is 248 g/mol. The number of hydrogen-bond acceptors (Lipinski definition) is 2. The zero-order valence-electron chi connectivity index (χ0n) is 12.0. The molecule has 0 unspecified atom stereocenters. The quantitative estimate of drug-likeness (QED) is 0.552. The fraction of sp³-hybridized carbons (Fsp3) is 0.562. The fourth-order valence-electron chi connectivity index (χ4n) is 1.77. The Hall–Kier alpha value is -1.31. The molecule has 0 saturated heterocycles. The Bertz CT molecular complexity index is 389. The maximum Gasteiger partial charge on any atom is 0.153 e. The van der Waals surface area contributed by atoms with E-state index in [1.54, 1.807) is 0 Å². The Morgan fingerprint density at radius 2 is 1.94 bits per heavy atom. The van der Waals surface area contributed by atoms with Gasteiger partial charge in [0, 0.05) is 0 Å². The summed E-state index contributed by atoms with van der Waals surface area (Å²) in [5.41, 5.74) is 1.86. The van der Waals surface area contributed by atoms with Gasteiger partial charge in [-0.15, -0.1) is 0 Å². The van der Waals surface area contributed by atoms with Gasteiger partial charge in [-0.2, -0.15) is 0 Å². The van der Waals surface area contributed by atoms with Gasteiger partial charge in [0.1, 0.15) is 5.75 Å². The van der Waals surface area contributed by atoms with Gasteiger partial charge in [0.15, 0.2) is 6.29 Å². The van der Waals surface area contributed by atoms with E-state index in [9.17, 15) is 4.79 Å². The van der Waals surface area contributed by atoms with Crippen molar-refractivity contribution in [1.82, 2.24) is 0 Å². The van der Waals surface area contributed by atoms with E-state index in [0.29, 0.717) is 17.9 Å². The van der Waals surface area contributed by atoms with Crippen LogP contribution in [0.1, 0.15) is 62.9 Å². The second-order valence-electron chi connectivity index (χ2n) is 5.68. The highest BCUT2D eigenvalue weighted by atomic mass is 16.5. The lowest BCUT2D eigenvalue weighted by molar-refractivity contribution is 0.111. The first kappa shape index (κ1) is 14.7. The molecule has 0 amide bonds. The number of ether oxygens (including phenoxy) is 1. The van der Waals surface area contributed by atoms with Crippen molar-refractivity contribution >= 4 is 6.29 Å². The van der Waals surface area contributed by atoms with Crippen LogP contribution in [-0.2, 0) is 5.41 Å². The molecule has 18 heavy (non-hydrogen) atoms. The summed E-state index contributed by atoms with van der Waals surface area (Å²) in [6.07, 6.45) is 4.25. The van der Waals surface area contributed by atoms with Gasteiger partial charge in [0.25, 0.3) is 0 Å². The van der Waals surface area contributed by atoms with E-state index in [-0.39, 0.29) is 5.41 Å². The highest BCUT2D eigenvalue weighted by Gasteiger charge is 2.15. The first-order valence-electron chi connectivity index (χ1n) is 6.71. The molecule has 100 valence electrons. The van der Waals surface area contributed by atoms with E-state index in [4.69, 9.17) is 4.74 Å². The smallest absolute Gasteiger partial charge is 0.153 e. The largest absolute Gasteiger partial charge is 0.493 e. The van der Waals surface area contributed by atoms with Gasteiger partial charge in [0.2, 0.25) is 0 Å². The molecule has 0 atom stereocenters. The predicted molar refractivity (Wildman–Crippen MR) is 75.5 cm³/mol. The first-order chi connectivity index (χ1) is 8.49. The van der Waals surface area contributed by atoms with Crippen molar-refractivity contribution in [2.75, 3.05) is 6.61 Å². The van der Waals surface area contributed by atoms with Crippen LogP contribution in [0.4, 0.5) is 0 Å². The van der Waals surface area contributed by atoms with E-state index in [1.807, 2.05) is 18.2 Å². The second-order valence-corrected chi connectivity index (χ2v) is 5.68. The molecule has 1 aromatic carbocycles. The molecule has 0 aliphatic heterocycles. The minimum absolute atomic E-state index is 0.0541. The molecule has 0 aliphatic rings. The van der Waals surface area contributed by atoms with Crippen molar-refractivity contribution < 1.29 is 9.53 Å². The third kappa shape index (κ3) is 4.17. The van der Waals surface area contributed by atoms with Crippen LogP contribution in [0.5, 0.6) is 5.75 Å². The number of unbranched alkanes of at least 4 members (excludes halogenated alkanes) is 2. The number of rotatable bonds is 6. The van der Waals surface area contributed by atoms with E-state index in [0.717, 1.165) is 24.7 Å². The zero-order valence-corrected chi connectivity index (χ0v) is 12.0. The summed E-state index contributed by atoms with van der Waals surface area (Å²) in [6.45, 7) is 9.26. The molecule has 2 heteroatoms. The Kier molecular flexibility index (Phi) is 5.39. The van der Waals surface area contributed by atoms with Gasteiger partial charge in [0.05, 0.1) is 12.2 Å². The Labute approximate surface area is 110 Å². The molecule has 1 aromatic rings. The third-order valence-corrected chi connectivity index (χ3v) is 3.01. The Morgan fingerprint density at radius 1 is 1.22 bits per heavy atom. The standard InChI is InChI=1S/C16H24O2/c1-5-6-7-10-18-15-9-8-14(16(2,3)4)11-13(15)12-17/h8-9,11-12H,5-7,10H2,1-4H3. The molecule has 0 fully saturated rings. The lowest BCUT2D eigenvalue weighted by Gasteiger charge is -2.20. The molecule has 0 heterocycles. The van der Waals surface area contributed by atoms with E-state index in [2.05, 4.69) is 27.7 Å². The van der Waals surface area contributed by atoms with Crippen molar-refractivity contribution in [1.29, 1.82) is 0 Å². The maximum atomic E-state index is 11.1. The third-order valence-electron chi connectivity index (χ3n) is 3.01. The first-order valence-corrected chi connectivity index (χ1v) is 6.71. The van der Waals surface area contributed by atoms with Gasteiger partial charge < -0.3 is 4.74 Å². The second kappa shape index (κ2) is 6.58. The lowest BCUT2D eigenvalue weighted by atomic mass is 9.86. The summed E-state index contributed by atoms with van der Waals surface area (Å²) in [5, 5.41) is 0. The van der Waals surface area contributed by atoms with Crippen LogP contribution in [0, 0.1) is 0 Å². The number of aldehydes is 1. The van der Waals surface area contributed by atoms with Gasteiger partial charge in [-0.25, -0.2) is 0 Å². The summed E-state index contributed by atoms with van der Waals surface area (Å²) in [5.74, 6) is 0.703. The average Bonchev–Trinajstić information content (AvgIpc) is 2.33. The van der Waals surface area contributed by atoms with E-state index < -0.39 is 0 Å². The molecule has 0 bridgehead atoms. The van der Waals surface area contributed by atoms with Crippen LogP contribution in [0.25, 0.3) is 0 Å². The van der Waals surface area contributed by atoms with Gasteiger partial charge in [-0.3, -0.25) is 4.79 Å². The molecule has 0 radical (unpaired) electrons. The van der Waals surface area contributed by atoms with Crippen molar-refractivity contribution in [3.05, 3.63) is 29.3 Å². The van der Waals surface area contributed by atoms with E-state index >= 15 is 0 Å². The van der Waals surface area contributed by atoms with Crippen LogP contribution in [0.2, 0.25) is 0 Å². The lowest BCUT2D eigenvalue weighted by Crippen LogP contribution is -2.12. The highest BCUT2D eigenvalue weighted by molar-refractivity contribution is 5.79. The molecule has 0 aromatic heterocycles. The number of carbonyl (C=O) groups is 1. The Morgan fingerprint density at radius 3 is 2.50 bits per heavy atom. The van der Waals surface area contributed by atoms with Gasteiger partial charge in [-0.1, -0.05) is 46.6 Å². The molecule has 2 nitrogen and oxygen atoms in total. The van der Waals surface area contributed by atoms with Crippen LogP contribution in [-0.4, -0.2) is 12.9 Å². The SMILES string of the molecule is CCCCCOc1ccc(C(C)(C)C)cc1C=O. The minimum Gasteiger partial charge on any atom is -0.493 e. The van der Waals surface area contributed by atoms with Crippen LogP contribution in [0.15, 0.2) is 18.2 Å². The normalized spacial score (nSPS) is 11.3. The van der Waals surface area contributed by atoms with Crippen LogP contribution in [0.3, 0.4) is 0 Å². The molecule has 0 N–H and O–H groups in total. The molecule has 1 rings (SSSR count). The maximum absolute atomic E-state index is 11.1. The van der Waals surface area contributed by atoms with E-state index in [1.165, 1.54) is 6.42 Å². The Balaban J connectivity index is 2.78. The minimum atomic E-state index is 0.0541. The van der Waals surface area contributed by atoms with Gasteiger partial charge in [-0.05, 0) is 29.5 Å². The van der Waals surface area contributed by atoms with Crippen molar-refractivity contribution in [3.8, 4) is 5.75 Å². The van der Waals surface area contributed by atoms with Crippen molar-refractivity contribution in [2.24, 2.45) is 0 Å². The summed E-state index contributed by atoms with van der Waals surface area (Å²) in [4.78, 5) is 11.1. The summed E-state index contributed by atoms with van der Waals surface area (Å²) >= 11 is 0. The van der Waals surface area contributed by atoms with Crippen LogP contribution >= 0.6 is 0 Å².